The van der Waals surface area contributed by atoms with E-state index in [9.17, 15) is 14.8 Å². The molecule has 0 radical (unpaired) electrons. The number of ether oxygens (including phenoxy) is 2. The maximum absolute atomic E-state index is 11.0. The fourth-order valence-corrected chi connectivity index (χ4v) is 4.08. The molecule has 12 nitrogen and oxygen atoms in total. The van der Waals surface area contributed by atoms with Crippen molar-refractivity contribution in [2.75, 3.05) is 18.3 Å². The minimum absolute atomic E-state index is 0.0916. The van der Waals surface area contributed by atoms with Gasteiger partial charge in [0.2, 0.25) is 5.28 Å². The van der Waals surface area contributed by atoms with Gasteiger partial charge in [-0.2, -0.15) is 9.97 Å². The molecule has 1 fully saturated rings. The van der Waals surface area contributed by atoms with Crippen LogP contribution in [-0.4, -0.2) is 70.3 Å². The number of nitrogens with zero attached hydrogens (tertiary/aromatic N) is 4. The Morgan fingerprint density at radius 1 is 1.32 bits per heavy atom. The maximum Gasteiger partial charge on any atom is 0.350 e. The van der Waals surface area contributed by atoms with Gasteiger partial charge >= 0.3 is 7.60 Å². The minimum Gasteiger partial charge on any atom is -0.384 e. The first kappa shape index (κ1) is 24.5. The standard InChI is InChI=1S/C20H21ClN5O7P/c1-2-20(28)13(9-32-11-34(29,30)31)33-18(15(20)27)26-10-23-14-16(24-19(21)25-17(14)26)22-8-12-6-4-3-5-7-12/h1,3-7,10,13,15,18,27-28H,8-9,11H2,(H,22,24,25)(H2,29,30,31)/t13-,15+,18-,20-/m1/s1. The van der Waals surface area contributed by atoms with Gasteiger partial charge in [0.1, 0.15) is 18.6 Å². The fourth-order valence-electron chi connectivity index (χ4n) is 3.58. The minimum atomic E-state index is -4.45. The van der Waals surface area contributed by atoms with Crippen LogP contribution >= 0.6 is 19.2 Å². The van der Waals surface area contributed by atoms with Crippen LogP contribution in [0.15, 0.2) is 36.7 Å². The Bertz CT molecular complexity index is 1260. The predicted octanol–water partition coefficient (Wildman–Crippen LogP) is 0.866. The second kappa shape index (κ2) is 9.58. The Hall–Kier alpha value is -2.59. The van der Waals surface area contributed by atoms with E-state index < -0.39 is 44.6 Å². The van der Waals surface area contributed by atoms with Gasteiger partial charge in [-0.05, 0) is 17.2 Å². The van der Waals surface area contributed by atoms with Crippen LogP contribution in [0.25, 0.3) is 11.2 Å². The fraction of sp³-hybridized carbons (Fsp3) is 0.350. The molecule has 5 N–H and O–H groups in total. The van der Waals surface area contributed by atoms with Gasteiger partial charge in [0.25, 0.3) is 0 Å². The van der Waals surface area contributed by atoms with E-state index in [-0.39, 0.29) is 10.9 Å². The average Bonchev–Trinajstić information content (AvgIpc) is 3.32. The second-order valence-electron chi connectivity index (χ2n) is 7.60. The van der Waals surface area contributed by atoms with Gasteiger partial charge in [-0.25, -0.2) is 4.98 Å². The third-order valence-corrected chi connectivity index (χ3v) is 5.93. The van der Waals surface area contributed by atoms with Crippen LogP contribution in [0.4, 0.5) is 5.82 Å². The number of anilines is 1. The summed E-state index contributed by atoms with van der Waals surface area (Å²) in [5.41, 5.74) is -0.671. The molecule has 0 aliphatic carbocycles. The van der Waals surface area contributed by atoms with Crippen molar-refractivity contribution < 1.29 is 34.0 Å². The van der Waals surface area contributed by atoms with Crippen molar-refractivity contribution in [3.8, 4) is 12.3 Å². The summed E-state index contributed by atoms with van der Waals surface area (Å²) in [6.45, 7) is -0.0415. The number of rotatable bonds is 8. The van der Waals surface area contributed by atoms with Crippen LogP contribution in [0.1, 0.15) is 11.8 Å². The molecule has 180 valence electrons. The van der Waals surface area contributed by atoms with E-state index >= 15 is 0 Å². The van der Waals surface area contributed by atoms with E-state index in [1.807, 2.05) is 30.3 Å². The number of terminal acetylenes is 1. The van der Waals surface area contributed by atoms with Crippen LogP contribution in [0.2, 0.25) is 5.28 Å². The molecule has 3 heterocycles. The summed E-state index contributed by atoms with van der Waals surface area (Å²) in [5, 5.41) is 24.7. The van der Waals surface area contributed by atoms with E-state index in [0.717, 1.165) is 5.56 Å². The zero-order valence-corrected chi connectivity index (χ0v) is 19.2. The van der Waals surface area contributed by atoms with Gasteiger partial charge in [0, 0.05) is 6.54 Å². The summed E-state index contributed by atoms with van der Waals surface area (Å²) in [7, 11) is -4.45. The van der Waals surface area contributed by atoms with E-state index in [4.69, 9.17) is 37.3 Å². The molecule has 1 saturated heterocycles. The van der Waals surface area contributed by atoms with Crippen molar-refractivity contribution in [1.29, 1.82) is 0 Å². The molecular weight excluding hydrogens is 489 g/mol. The van der Waals surface area contributed by atoms with Gasteiger partial charge in [0.15, 0.2) is 28.8 Å². The van der Waals surface area contributed by atoms with Crippen LogP contribution < -0.4 is 5.32 Å². The first-order valence-electron chi connectivity index (χ1n) is 9.96. The summed E-state index contributed by atoms with van der Waals surface area (Å²) in [5.74, 6) is 2.44. The van der Waals surface area contributed by atoms with Crippen molar-refractivity contribution in [2.24, 2.45) is 0 Å². The Kier molecular flexibility index (Phi) is 6.91. The third kappa shape index (κ3) is 4.93. The number of aliphatic hydroxyl groups excluding tert-OH is 1. The average molecular weight is 510 g/mol. The van der Waals surface area contributed by atoms with Crippen molar-refractivity contribution in [3.63, 3.8) is 0 Å². The number of hydrogen-bond acceptors (Lipinski definition) is 9. The molecule has 0 amide bonds. The molecule has 14 heteroatoms. The Balaban J connectivity index is 1.61. The summed E-state index contributed by atoms with van der Waals surface area (Å²) >= 11 is 6.12. The molecule has 34 heavy (non-hydrogen) atoms. The number of aromatic nitrogens is 4. The number of aliphatic hydroxyl groups is 2. The summed E-state index contributed by atoms with van der Waals surface area (Å²) in [6, 6.07) is 9.58. The molecule has 4 rings (SSSR count). The zero-order valence-electron chi connectivity index (χ0n) is 17.5. The van der Waals surface area contributed by atoms with Gasteiger partial charge in [-0.1, -0.05) is 36.3 Å². The van der Waals surface area contributed by atoms with Crippen LogP contribution in [-0.2, 0) is 20.6 Å². The van der Waals surface area contributed by atoms with Gasteiger partial charge < -0.3 is 34.8 Å². The molecule has 0 spiro atoms. The van der Waals surface area contributed by atoms with Gasteiger partial charge in [0.05, 0.1) is 12.9 Å². The lowest BCUT2D eigenvalue weighted by molar-refractivity contribution is -0.0728. The quantitative estimate of drug-likeness (QED) is 0.166. The largest absolute Gasteiger partial charge is 0.384 e. The normalized spacial score (nSPS) is 24.9. The monoisotopic (exact) mass is 509 g/mol. The van der Waals surface area contributed by atoms with E-state index in [1.54, 1.807) is 0 Å². The van der Waals surface area contributed by atoms with Crippen LogP contribution in [0.5, 0.6) is 0 Å². The Labute approximate surface area is 198 Å². The summed E-state index contributed by atoms with van der Waals surface area (Å²) in [4.78, 5) is 30.6. The number of fused-ring (bicyclic) bond motifs is 1. The SMILES string of the molecule is C#C[C@@]1(O)[C@@H](COCP(=O)(O)O)O[C@@H](n2cnc3c(NCc4ccccc4)nc(Cl)nc32)[C@@H]1O. The number of halogens is 1. The summed E-state index contributed by atoms with van der Waals surface area (Å²) in [6.07, 6.45) is 1.68. The highest BCUT2D eigenvalue weighted by Crippen LogP contribution is 2.40. The Morgan fingerprint density at radius 2 is 2.06 bits per heavy atom. The lowest BCUT2D eigenvalue weighted by Gasteiger charge is -2.25. The molecule has 1 aliphatic rings. The lowest BCUT2D eigenvalue weighted by Crippen LogP contribution is -2.48. The predicted molar refractivity (Wildman–Crippen MR) is 121 cm³/mol. The molecule has 0 bridgehead atoms. The third-order valence-electron chi connectivity index (χ3n) is 5.25. The highest BCUT2D eigenvalue weighted by Gasteiger charge is 2.55. The van der Waals surface area contributed by atoms with Crippen molar-refractivity contribution >= 4 is 36.2 Å². The molecular formula is C20H21ClN5O7P. The first-order valence-corrected chi connectivity index (χ1v) is 12.1. The molecule has 0 saturated carbocycles. The van der Waals surface area contributed by atoms with Gasteiger partial charge in [-0.15, -0.1) is 6.42 Å². The van der Waals surface area contributed by atoms with Crippen molar-refractivity contribution in [3.05, 3.63) is 47.5 Å². The lowest BCUT2D eigenvalue weighted by atomic mass is 9.93. The van der Waals surface area contributed by atoms with E-state index in [0.29, 0.717) is 17.9 Å². The molecule has 3 aromatic rings. The van der Waals surface area contributed by atoms with E-state index in [2.05, 4.69) is 26.2 Å². The zero-order chi connectivity index (χ0) is 24.5. The highest BCUT2D eigenvalue weighted by atomic mass is 35.5. The van der Waals surface area contributed by atoms with Gasteiger partial charge in [-0.3, -0.25) is 9.13 Å². The number of hydrogen-bond donors (Lipinski definition) is 5. The topological polar surface area (TPSA) is 172 Å². The molecule has 1 aromatic carbocycles. The molecule has 2 aromatic heterocycles. The van der Waals surface area contributed by atoms with Crippen molar-refractivity contribution in [2.45, 2.75) is 30.6 Å². The molecule has 1 aliphatic heterocycles. The summed E-state index contributed by atoms with van der Waals surface area (Å²) < 4.78 is 23.1. The molecule has 4 atom stereocenters. The molecule has 0 unspecified atom stereocenters. The number of imidazole rings is 1. The van der Waals surface area contributed by atoms with E-state index in [1.165, 1.54) is 10.9 Å². The van der Waals surface area contributed by atoms with Crippen LogP contribution in [0.3, 0.4) is 0 Å². The smallest absolute Gasteiger partial charge is 0.350 e. The second-order valence-corrected chi connectivity index (χ2v) is 9.52. The first-order chi connectivity index (χ1) is 16.1. The maximum atomic E-state index is 11.0. The number of benzene rings is 1. The Morgan fingerprint density at radius 3 is 2.74 bits per heavy atom. The van der Waals surface area contributed by atoms with Crippen LogP contribution in [0, 0.1) is 12.3 Å². The highest BCUT2D eigenvalue weighted by molar-refractivity contribution is 7.51. The number of nitrogens with one attached hydrogen (secondary N) is 1. The van der Waals surface area contributed by atoms with Crippen molar-refractivity contribution in [1.82, 2.24) is 19.5 Å².